The van der Waals surface area contributed by atoms with Crippen LogP contribution in [0.1, 0.15) is 28.0 Å². The average Bonchev–Trinajstić information content (AvgIpc) is 2.97. The van der Waals surface area contributed by atoms with Crippen molar-refractivity contribution in [1.82, 2.24) is 9.78 Å². The maximum atomic E-state index is 10.8. The molecule has 1 heterocycles. The Labute approximate surface area is 98.5 Å². The van der Waals surface area contributed by atoms with Crippen LogP contribution in [0.5, 0.6) is 0 Å². The lowest BCUT2D eigenvalue weighted by molar-refractivity contribution is 0.0690. The van der Waals surface area contributed by atoms with E-state index in [1.165, 1.54) is 23.6 Å². The number of carbonyl (C=O) groups is 1. The number of benzene rings is 1. The fraction of sp³-hybridized carbons (Fsp3) is 0.231. The molecule has 3 rings (SSSR count). The molecule has 0 saturated carbocycles. The van der Waals surface area contributed by atoms with Gasteiger partial charge in [0.25, 0.3) is 0 Å². The summed E-state index contributed by atoms with van der Waals surface area (Å²) >= 11 is 0. The Bertz CT molecular complexity index is 587. The van der Waals surface area contributed by atoms with Crippen LogP contribution in [-0.2, 0) is 12.8 Å². The minimum atomic E-state index is -0.995. The van der Waals surface area contributed by atoms with Gasteiger partial charge in [-0.25, -0.2) is 9.48 Å². The number of aromatic carboxylic acids is 1. The molecule has 2 aromatic rings. The summed E-state index contributed by atoms with van der Waals surface area (Å²) in [4.78, 5) is 10.8. The predicted octanol–water partition coefficient (Wildman–Crippen LogP) is 2.06. The maximum Gasteiger partial charge on any atom is 0.356 e. The number of fused-ring (bicyclic) bond motifs is 1. The molecule has 0 bridgehead atoms. The van der Waals surface area contributed by atoms with Crippen molar-refractivity contribution < 1.29 is 9.90 Å². The number of hydrogen-bond acceptors (Lipinski definition) is 2. The standard InChI is InChI=1S/C13H12N2O2/c16-13(17)12-6-7-15(14-12)11-5-4-9-2-1-3-10(9)8-11/h4-8H,1-3H2,(H,16,17). The van der Waals surface area contributed by atoms with Gasteiger partial charge in [-0.05, 0) is 48.6 Å². The van der Waals surface area contributed by atoms with Crippen LogP contribution in [0.25, 0.3) is 5.69 Å². The molecule has 0 unspecified atom stereocenters. The van der Waals surface area contributed by atoms with Crippen LogP contribution in [-0.4, -0.2) is 20.9 Å². The predicted molar refractivity (Wildman–Crippen MR) is 62.5 cm³/mol. The molecular formula is C13H12N2O2. The van der Waals surface area contributed by atoms with Gasteiger partial charge >= 0.3 is 5.97 Å². The van der Waals surface area contributed by atoms with Crippen molar-refractivity contribution >= 4 is 5.97 Å². The van der Waals surface area contributed by atoms with Crippen molar-refractivity contribution in [1.29, 1.82) is 0 Å². The number of aromatic nitrogens is 2. The maximum absolute atomic E-state index is 10.8. The second-order valence-corrected chi connectivity index (χ2v) is 4.26. The van der Waals surface area contributed by atoms with Crippen LogP contribution in [0.2, 0.25) is 0 Å². The third-order valence-electron chi connectivity index (χ3n) is 3.15. The monoisotopic (exact) mass is 228 g/mol. The molecule has 1 aromatic carbocycles. The summed E-state index contributed by atoms with van der Waals surface area (Å²) in [6.45, 7) is 0. The lowest BCUT2D eigenvalue weighted by Gasteiger charge is -2.04. The van der Waals surface area contributed by atoms with Crippen molar-refractivity contribution in [2.24, 2.45) is 0 Å². The highest BCUT2D eigenvalue weighted by Gasteiger charge is 2.12. The zero-order valence-corrected chi connectivity index (χ0v) is 9.26. The first-order valence-corrected chi connectivity index (χ1v) is 5.65. The molecule has 0 spiro atoms. The molecule has 0 radical (unpaired) electrons. The molecule has 4 heteroatoms. The van der Waals surface area contributed by atoms with E-state index in [1.54, 1.807) is 10.9 Å². The smallest absolute Gasteiger partial charge is 0.356 e. The van der Waals surface area contributed by atoms with E-state index in [-0.39, 0.29) is 5.69 Å². The highest BCUT2D eigenvalue weighted by molar-refractivity contribution is 5.85. The largest absolute Gasteiger partial charge is 0.476 e. The second-order valence-electron chi connectivity index (χ2n) is 4.26. The fourth-order valence-corrected chi connectivity index (χ4v) is 2.28. The van der Waals surface area contributed by atoms with E-state index in [1.807, 2.05) is 6.07 Å². The van der Waals surface area contributed by atoms with Gasteiger partial charge < -0.3 is 5.11 Å². The summed E-state index contributed by atoms with van der Waals surface area (Å²) in [5, 5.41) is 12.8. The number of carboxylic acid groups (broad SMARTS) is 1. The summed E-state index contributed by atoms with van der Waals surface area (Å²) in [6.07, 6.45) is 5.14. The van der Waals surface area contributed by atoms with E-state index in [4.69, 9.17) is 5.11 Å². The number of nitrogens with zero attached hydrogens (tertiary/aromatic N) is 2. The number of aryl methyl sites for hydroxylation is 2. The normalized spacial score (nSPS) is 13.6. The summed E-state index contributed by atoms with van der Waals surface area (Å²) in [5.74, 6) is -0.995. The van der Waals surface area contributed by atoms with Gasteiger partial charge in [0, 0.05) is 6.20 Å². The molecule has 0 saturated heterocycles. The van der Waals surface area contributed by atoms with Crippen LogP contribution in [0.3, 0.4) is 0 Å². The molecular weight excluding hydrogens is 216 g/mol. The van der Waals surface area contributed by atoms with Gasteiger partial charge in [0.1, 0.15) is 0 Å². The van der Waals surface area contributed by atoms with Gasteiger partial charge in [0.2, 0.25) is 0 Å². The Hall–Kier alpha value is -2.10. The molecule has 4 nitrogen and oxygen atoms in total. The van der Waals surface area contributed by atoms with Crippen LogP contribution in [0, 0.1) is 0 Å². The van der Waals surface area contributed by atoms with Gasteiger partial charge in [0.15, 0.2) is 5.69 Å². The Balaban J connectivity index is 2.00. The van der Waals surface area contributed by atoms with Crippen molar-refractivity contribution in [3.63, 3.8) is 0 Å². The SMILES string of the molecule is O=C(O)c1ccn(-c2ccc3c(c2)CCC3)n1. The second kappa shape index (κ2) is 3.73. The molecule has 1 N–H and O–H groups in total. The Morgan fingerprint density at radius 1 is 1.24 bits per heavy atom. The van der Waals surface area contributed by atoms with E-state index in [2.05, 4.69) is 17.2 Å². The average molecular weight is 228 g/mol. The number of rotatable bonds is 2. The fourth-order valence-electron chi connectivity index (χ4n) is 2.28. The first-order valence-electron chi connectivity index (χ1n) is 5.65. The van der Waals surface area contributed by atoms with Crippen molar-refractivity contribution in [2.45, 2.75) is 19.3 Å². The van der Waals surface area contributed by atoms with Crippen LogP contribution < -0.4 is 0 Å². The summed E-state index contributed by atoms with van der Waals surface area (Å²) in [6, 6.07) is 7.71. The molecule has 0 aliphatic heterocycles. The Morgan fingerprint density at radius 2 is 2.06 bits per heavy atom. The lowest BCUT2D eigenvalue weighted by atomic mass is 10.1. The van der Waals surface area contributed by atoms with Gasteiger partial charge in [-0.1, -0.05) is 6.07 Å². The first-order chi connectivity index (χ1) is 8.24. The van der Waals surface area contributed by atoms with Crippen molar-refractivity contribution in [3.05, 3.63) is 47.3 Å². The summed E-state index contributed by atoms with van der Waals surface area (Å²) < 4.78 is 1.61. The lowest BCUT2D eigenvalue weighted by Crippen LogP contribution is -2.01. The van der Waals surface area contributed by atoms with E-state index in [0.29, 0.717) is 0 Å². The quantitative estimate of drug-likeness (QED) is 0.856. The van der Waals surface area contributed by atoms with Crippen molar-refractivity contribution in [3.8, 4) is 5.69 Å². The van der Waals surface area contributed by atoms with Gasteiger partial charge in [-0.2, -0.15) is 5.10 Å². The first kappa shape index (κ1) is 10.1. The molecule has 0 fully saturated rings. The highest BCUT2D eigenvalue weighted by atomic mass is 16.4. The van der Waals surface area contributed by atoms with Crippen molar-refractivity contribution in [2.75, 3.05) is 0 Å². The Morgan fingerprint density at radius 3 is 2.82 bits per heavy atom. The third kappa shape index (κ3) is 1.71. The summed E-state index contributed by atoms with van der Waals surface area (Å²) in [5.41, 5.74) is 3.76. The van der Waals surface area contributed by atoms with E-state index in [0.717, 1.165) is 18.5 Å². The molecule has 0 atom stereocenters. The van der Waals surface area contributed by atoms with Gasteiger partial charge in [-0.3, -0.25) is 0 Å². The minimum absolute atomic E-state index is 0.0745. The van der Waals surface area contributed by atoms with E-state index >= 15 is 0 Å². The molecule has 86 valence electrons. The zero-order chi connectivity index (χ0) is 11.8. The molecule has 1 aliphatic rings. The molecule has 17 heavy (non-hydrogen) atoms. The van der Waals surface area contributed by atoms with E-state index < -0.39 is 5.97 Å². The van der Waals surface area contributed by atoms with E-state index in [9.17, 15) is 4.79 Å². The minimum Gasteiger partial charge on any atom is -0.476 e. The number of carboxylic acids is 1. The molecule has 0 amide bonds. The number of hydrogen-bond donors (Lipinski definition) is 1. The molecule has 1 aromatic heterocycles. The molecule has 1 aliphatic carbocycles. The Kier molecular flexibility index (Phi) is 2.21. The highest BCUT2D eigenvalue weighted by Crippen LogP contribution is 2.24. The van der Waals surface area contributed by atoms with Crippen LogP contribution >= 0.6 is 0 Å². The third-order valence-corrected chi connectivity index (χ3v) is 3.15. The van der Waals surface area contributed by atoms with Crippen LogP contribution in [0.15, 0.2) is 30.5 Å². The van der Waals surface area contributed by atoms with Gasteiger partial charge in [-0.15, -0.1) is 0 Å². The van der Waals surface area contributed by atoms with Gasteiger partial charge in [0.05, 0.1) is 5.69 Å². The van der Waals surface area contributed by atoms with Crippen LogP contribution in [0.4, 0.5) is 0 Å². The summed E-state index contributed by atoms with van der Waals surface area (Å²) in [7, 11) is 0. The zero-order valence-electron chi connectivity index (χ0n) is 9.26. The topological polar surface area (TPSA) is 55.1 Å².